The van der Waals surface area contributed by atoms with Gasteiger partial charge in [0.15, 0.2) is 0 Å². The van der Waals surface area contributed by atoms with Gasteiger partial charge in [0.1, 0.15) is 27.7 Å². The highest BCUT2D eigenvalue weighted by molar-refractivity contribution is 8.33. The molecule has 0 unspecified atom stereocenters. The highest BCUT2D eigenvalue weighted by Gasteiger charge is 2.40. The Labute approximate surface area is 263 Å². The summed E-state index contributed by atoms with van der Waals surface area (Å²) in [6.45, 7) is 0. The van der Waals surface area contributed by atoms with Crippen molar-refractivity contribution in [3.63, 3.8) is 0 Å². The van der Waals surface area contributed by atoms with Crippen molar-refractivity contribution in [2.75, 3.05) is 28.4 Å². The van der Waals surface area contributed by atoms with Crippen LogP contribution in [0, 0.1) is 0 Å². The first-order chi connectivity index (χ1) is 20.7. The number of para-hydroxylation sites is 4. The number of ether oxygens (including phenoxy) is 4. The van der Waals surface area contributed by atoms with E-state index in [2.05, 4.69) is 52.2 Å². The van der Waals surface area contributed by atoms with E-state index < -0.39 is 0 Å². The summed E-state index contributed by atoms with van der Waals surface area (Å²) in [4.78, 5) is 4.59. The fourth-order valence-electron chi connectivity index (χ4n) is 4.83. The largest absolute Gasteiger partial charge is 0.496 e. The SMILES string of the molecule is COc1ccccc1C1=C(c2ccccc2OC)SC(N2SC(c3ccccc3OC)=C(c3ccccc3OC)S2)S1. The second kappa shape index (κ2) is 13.1. The molecule has 4 aromatic carbocycles. The van der Waals surface area contributed by atoms with Crippen LogP contribution in [0.4, 0.5) is 0 Å². The molecular formula is C33H29NO4S4. The van der Waals surface area contributed by atoms with Gasteiger partial charge in [-0.2, -0.15) is 3.71 Å². The third-order valence-electron chi connectivity index (χ3n) is 6.79. The monoisotopic (exact) mass is 631 g/mol. The third kappa shape index (κ3) is 5.52. The van der Waals surface area contributed by atoms with E-state index in [1.54, 1.807) is 52.3 Å². The van der Waals surface area contributed by atoms with E-state index in [0.717, 1.165) is 64.9 Å². The predicted octanol–water partition coefficient (Wildman–Crippen LogP) is 9.45. The van der Waals surface area contributed by atoms with Crippen molar-refractivity contribution in [1.29, 1.82) is 0 Å². The van der Waals surface area contributed by atoms with Crippen LogP contribution in [0.1, 0.15) is 22.3 Å². The molecule has 0 spiro atoms. The van der Waals surface area contributed by atoms with Gasteiger partial charge in [-0.15, -0.1) is 0 Å². The number of rotatable bonds is 9. The molecule has 5 nitrogen and oxygen atoms in total. The molecule has 2 heterocycles. The maximum absolute atomic E-state index is 5.81. The first kappa shape index (κ1) is 29.0. The van der Waals surface area contributed by atoms with Crippen LogP contribution in [0.2, 0.25) is 0 Å². The van der Waals surface area contributed by atoms with Crippen molar-refractivity contribution in [3.05, 3.63) is 119 Å². The van der Waals surface area contributed by atoms with E-state index in [9.17, 15) is 0 Å². The minimum absolute atomic E-state index is 0.0525. The highest BCUT2D eigenvalue weighted by atomic mass is 32.2. The number of hydrogen-bond acceptors (Lipinski definition) is 9. The molecule has 6 rings (SSSR count). The third-order valence-corrected chi connectivity index (χ3v) is 12.7. The zero-order valence-electron chi connectivity index (χ0n) is 23.5. The molecule has 42 heavy (non-hydrogen) atoms. The molecule has 2 aliphatic heterocycles. The summed E-state index contributed by atoms with van der Waals surface area (Å²) in [5.74, 6) is 3.36. The smallest absolute Gasteiger partial charge is 0.132 e. The van der Waals surface area contributed by atoms with Crippen LogP contribution in [-0.2, 0) is 0 Å². The van der Waals surface area contributed by atoms with Gasteiger partial charge in [0.05, 0.1) is 38.2 Å². The molecular weight excluding hydrogens is 603 g/mol. The summed E-state index contributed by atoms with van der Waals surface area (Å²) in [5, 5.41) is 0. The Morgan fingerprint density at radius 2 is 0.714 bits per heavy atom. The molecule has 0 aromatic heterocycles. The average molecular weight is 632 g/mol. The van der Waals surface area contributed by atoms with Gasteiger partial charge in [-0.3, -0.25) is 0 Å². The second-order valence-electron chi connectivity index (χ2n) is 9.13. The lowest BCUT2D eigenvalue weighted by Gasteiger charge is -2.21. The number of benzene rings is 4. The van der Waals surface area contributed by atoms with Gasteiger partial charge >= 0.3 is 0 Å². The van der Waals surface area contributed by atoms with Gasteiger partial charge in [0, 0.05) is 32.1 Å². The number of thioether (sulfide) groups is 2. The molecule has 214 valence electrons. The van der Waals surface area contributed by atoms with Crippen LogP contribution in [0.15, 0.2) is 97.1 Å². The highest BCUT2D eigenvalue weighted by Crippen LogP contribution is 2.65. The van der Waals surface area contributed by atoms with Crippen LogP contribution in [0.3, 0.4) is 0 Å². The maximum atomic E-state index is 5.81. The van der Waals surface area contributed by atoms with Gasteiger partial charge in [0.2, 0.25) is 0 Å². The number of nitrogens with zero attached hydrogens (tertiary/aromatic N) is 1. The lowest BCUT2D eigenvalue weighted by molar-refractivity contribution is 0.413. The lowest BCUT2D eigenvalue weighted by atomic mass is 10.1. The van der Waals surface area contributed by atoms with Crippen molar-refractivity contribution >= 4 is 67.0 Å². The normalized spacial score (nSPS) is 15.8. The maximum Gasteiger partial charge on any atom is 0.132 e. The molecule has 0 radical (unpaired) electrons. The Morgan fingerprint density at radius 3 is 1.02 bits per heavy atom. The van der Waals surface area contributed by atoms with Gasteiger partial charge in [0.25, 0.3) is 0 Å². The van der Waals surface area contributed by atoms with Gasteiger partial charge in [-0.25, -0.2) is 0 Å². The van der Waals surface area contributed by atoms with Crippen LogP contribution in [-0.4, -0.2) is 36.9 Å². The average Bonchev–Trinajstić information content (AvgIpc) is 3.70. The van der Waals surface area contributed by atoms with Crippen molar-refractivity contribution in [1.82, 2.24) is 3.71 Å². The Bertz CT molecular complexity index is 1430. The van der Waals surface area contributed by atoms with Gasteiger partial charge in [-0.1, -0.05) is 96.3 Å². The summed E-state index contributed by atoms with van der Waals surface area (Å²) >= 11 is 7.13. The number of methoxy groups -OCH3 is 4. The molecule has 0 atom stereocenters. The molecule has 0 fully saturated rings. The molecule has 0 aliphatic carbocycles. The molecule has 9 heteroatoms. The second-order valence-corrected chi connectivity index (χ2v) is 13.8. The van der Waals surface area contributed by atoms with Gasteiger partial charge < -0.3 is 18.9 Å². The van der Waals surface area contributed by atoms with E-state index in [1.165, 1.54) is 0 Å². The molecule has 0 N–H and O–H groups in total. The first-order valence-electron chi connectivity index (χ1n) is 13.2. The van der Waals surface area contributed by atoms with E-state index in [4.69, 9.17) is 18.9 Å². The minimum atomic E-state index is 0.0525. The summed E-state index contributed by atoms with van der Waals surface area (Å²) in [5.41, 5.74) is 4.24. The zero-order valence-corrected chi connectivity index (χ0v) is 26.8. The minimum Gasteiger partial charge on any atom is -0.496 e. The quantitative estimate of drug-likeness (QED) is 0.168. The Kier molecular flexibility index (Phi) is 9.02. The summed E-state index contributed by atoms with van der Waals surface area (Å²) < 4.78 is 25.7. The molecule has 4 aromatic rings. The Morgan fingerprint density at radius 1 is 0.429 bits per heavy atom. The van der Waals surface area contributed by atoms with E-state index >= 15 is 0 Å². The molecule has 2 aliphatic rings. The summed E-state index contributed by atoms with van der Waals surface area (Å²) in [6.07, 6.45) is 0. The van der Waals surface area contributed by atoms with Crippen LogP contribution in [0.5, 0.6) is 23.0 Å². The van der Waals surface area contributed by atoms with Crippen LogP contribution >= 0.6 is 47.4 Å². The predicted molar refractivity (Wildman–Crippen MR) is 182 cm³/mol. The van der Waals surface area contributed by atoms with Gasteiger partial charge in [-0.05, 0) is 48.2 Å². The van der Waals surface area contributed by atoms with Crippen molar-refractivity contribution < 1.29 is 18.9 Å². The molecule has 0 saturated carbocycles. The van der Waals surface area contributed by atoms with E-state index in [0.29, 0.717) is 0 Å². The topological polar surface area (TPSA) is 40.2 Å². The first-order valence-corrected chi connectivity index (χ1v) is 16.5. The summed E-state index contributed by atoms with van der Waals surface area (Å²) in [6, 6.07) is 32.8. The van der Waals surface area contributed by atoms with Crippen molar-refractivity contribution in [3.8, 4) is 23.0 Å². The van der Waals surface area contributed by atoms with E-state index in [1.807, 2.05) is 72.1 Å². The standard InChI is InChI=1S/C33H29NO4S4/c1-35-25-17-9-5-13-21(25)29-30(22-14-6-10-18-26(22)36-2)40-33(39-29)34-41-31(23-15-7-11-19-27(23)37-3)32(42-34)24-16-8-12-20-28(24)38-4/h5-20,33H,1-4H3. The van der Waals surface area contributed by atoms with Crippen LogP contribution in [0.25, 0.3) is 19.6 Å². The Balaban J connectivity index is 1.42. The molecule has 0 bridgehead atoms. The number of hydrogen-bond donors (Lipinski definition) is 0. The van der Waals surface area contributed by atoms with Crippen molar-refractivity contribution in [2.45, 2.75) is 4.71 Å². The van der Waals surface area contributed by atoms with Crippen molar-refractivity contribution in [2.24, 2.45) is 0 Å². The fraction of sp³-hybridized carbons (Fsp3) is 0.152. The van der Waals surface area contributed by atoms with Crippen LogP contribution < -0.4 is 18.9 Å². The Hall–Kier alpha value is -3.08. The molecule has 0 amide bonds. The molecule has 0 saturated heterocycles. The fourth-order valence-corrected chi connectivity index (χ4v) is 10.8. The summed E-state index contributed by atoms with van der Waals surface area (Å²) in [7, 11) is 6.89. The van der Waals surface area contributed by atoms with E-state index in [-0.39, 0.29) is 4.71 Å². The lowest BCUT2D eigenvalue weighted by Crippen LogP contribution is -2.12. The zero-order chi connectivity index (χ0) is 29.1.